The predicted octanol–water partition coefficient (Wildman–Crippen LogP) is -1.22. The topological polar surface area (TPSA) is 148 Å². The molecular weight excluding hydrogens is 344 g/mol. The average Bonchev–Trinajstić information content (AvgIpc) is 2.67. The molecule has 2 fully saturated rings. The summed E-state index contributed by atoms with van der Waals surface area (Å²) in [5, 5.41) is 3.42. The minimum absolute atomic E-state index is 0.0152. The van der Waals surface area contributed by atoms with E-state index < -0.39 is 44.5 Å². The van der Waals surface area contributed by atoms with Crippen LogP contribution in [0.3, 0.4) is 0 Å². The number of hydroxylamine groups is 5. The number of amides is 3. The molecule has 4 N–H and O–H groups in total. The third kappa shape index (κ3) is 3.25. The number of nitrogens with one attached hydrogen (secondary N) is 1. The van der Waals surface area contributed by atoms with E-state index in [1.54, 1.807) is 20.9 Å². The fourth-order valence-electron chi connectivity index (χ4n) is 3.32. The summed E-state index contributed by atoms with van der Waals surface area (Å²) < 4.78 is 34.9. The number of piperidine rings is 1. The number of likely N-dealkylation sites (N-methyl/N-ethyl adjacent to an activating group) is 1. The van der Waals surface area contributed by atoms with Crippen LogP contribution < -0.4 is 11.1 Å². The Bertz CT molecular complexity index is 637. The van der Waals surface area contributed by atoms with Crippen LogP contribution in [0.25, 0.3) is 0 Å². The number of primary amides is 1. The quantitative estimate of drug-likeness (QED) is 0.288. The smallest absolute Gasteiger partial charge is 0.364 e. The first-order chi connectivity index (χ1) is 10.9. The molecule has 3 amide bonds. The van der Waals surface area contributed by atoms with Gasteiger partial charge in [0.25, 0.3) is 5.91 Å². The Balaban J connectivity index is 2.45. The number of nitrogens with zero attached hydrogens (tertiary/aromatic N) is 2. The van der Waals surface area contributed by atoms with Crippen LogP contribution in [0.2, 0.25) is 0 Å². The van der Waals surface area contributed by atoms with Crippen molar-refractivity contribution in [3.63, 3.8) is 0 Å². The summed E-state index contributed by atoms with van der Waals surface area (Å²) in [5.41, 5.74) is 4.79. The van der Waals surface area contributed by atoms with Crippen molar-refractivity contribution in [2.75, 3.05) is 26.7 Å². The maximum Gasteiger partial charge on any atom is 0.477 e. The van der Waals surface area contributed by atoms with Gasteiger partial charge in [-0.25, -0.2) is 4.79 Å². The number of carbonyl (C=O) groups is 2. The Kier molecular flexibility index (Phi) is 4.92. The molecule has 0 aromatic heterocycles. The maximum atomic E-state index is 12.8. The summed E-state index contributed by atoms with van der Waals surface area (Å²) in [6.45, 7) is 4.01. The minimum atomic E-state index is -4.91. The van der Waals surface area contributed by atoms with Gasteiger partial charge in [-0.05, 0) is 12.5 Å². The number of rotatable bonds is 7. The Morgan fingerprint density at radius 3 is 2.67 bits per heavy atom. The van der Waals surface area contributed by atoms with E-state index in [1.165, 1.54) is 0 Å². The number of carbonyl (C=O) groups excluding carboxylic acids is 2. The third-order valence-corrected chi connectivity index (χ3v) is 4.89. The van der Waals surface area contributed by atoms with E-state index in [0.29, 0.717) is 11.6 Å². The lowest BCUT2D eigenvalue weighted by Crippen LogP contribution is -2.65. The van der Waals surface area contributed by atoms with Crippen LogP contribution in [-0.4, -0.2) is 73.4 Å². The molecule has 2 bridgehead atoms. The van der Waals surface area contributed by atoms with E-state index in [0.717, 1.165) is 0 Å². The molecule has 0 aromatic rings. The minimum Gasteiger partial charge on any atom is -0.364 e. The van der Waals surface area contributed by atoms with Crippen molar-refractivity contribution in [1.29, 1.82) is 0 Å². The fraction of sp³-hybridized carbons (Fsp3) is 0.833. The highest BCUT2D eigenvalue weighted by molar-refractivity contribution is 7.80. The van der Waals surface area contributed by atoms with Crippen LogP contribution in [0.15, 0.2) is 0 Å². The van der Waals surface area contributed by atoms with Gasteiger partial charge >= 0.3 is 16.4 Å². The summed E-state index contributed by atoms with van der Waals surface area (Å²) in [5.74, 6) is -0.729. The molecule has 12 heteroatoms. The highest BCUT2D eigenvalue weighted by atomic mass is 32.3. The lowest BCUT2D eigenvalue weighted by atomic mass is 9.75. The second-order valence-electron chi connectivity index (χ2n) is 6.65. The van der Waals surface area contributed by atoms with E-state index in [9.17, 15) is 18.0 Å². The Morgan fingerprint density at radius 1 is 1.54 bits per heavy atom. The lowest BCUT2D eigenvalue weighted by Gasteiger charge is -2.42. The Hall–Kier alpha value is -1.31. The van der Waals surface area contributed by atoms with Gasteiger partial charge in [0.1, 0.15) is 19.2 Å². The predicted molar refractivity (Wildman–Crippen MR) is 80.0 cm³/mol. The maximum absolute atomic E-state index is 12.8. The van der Waals surface area contributed by atoms with Gasteiger partial charge in [0, 0.05) is 13.0 Å². The Morgan fingerprint density at radius 2 is 2.17 bits per heavy atom. The van der Waals surface area contributed by atoms with Crippen molar-refractivity contribution in [1.82, 2.24) is 10.4 Å². The molecule has 0 saturated carbocycles. The fourth-order valence-corrected chi connectivity index (χ4v) is 3.69. The molecular formula is C12H23N4O7S+. The monoisotopic (exact) mass is 367 g/mol. The number of fused-ring (bicyclic) bond motifs is 2. The van der Waals surface area contributed by atoms with Crippen molar-refractivity contribution < 1.29 is 36.3 Å². The molecule has 138 valence electrons. The third-order valence-electron chi connectivity index (χ3n) is 4.54. The first-order valence-corrected chi connectivity index (χ1v) is 8.78. The number of hydrogen-bond donors (Lipinski definition) is 3. The van der Waals surface area contributed by atoms with E-state index in [4.69, 9.17) is 15.1 Å². The van der Waals surface area contributed by atoms with Crippen LogP contribution in [0.5, 0.6) is 0 Å². The highest BCUT2D eigenvalue weighted by Crippen LogP contribution is 2.47. The summed E-state index contributed by atoms with van der Waals surface area (Å²) in [6.07, 6.45) is 0.198. The van der Waals surface area contributed by atoms with Gasteiger partial charge in [0.05, 0.1) is 0 Å². The molecule has 0 aliphatic carbocycles. The van der Waals surface area contributed by atoms with Gasteiger partial charge in [0.15, 0.2) is 0 Å². The molecule has 24 heavy (non-hydrogen) atoms. The standard InChI is InChI=1S/C12H22N4O7S/c1-12(2)6-8(10(13)17)16(22-5-4-14-3)7-9(12)15(11(16)18)23-24(19,20)21/h8-9,14H,4-7H2,1-3H3,(H2-,13,17,19,20,21)/p+1/t8-,9-,16?/m0/s1. The average molecular weight is 367 g/mol. The van der Waals surface area contributed by atoms with E-state index >= 15 is 0 Å². The molecule has 2 aliphatic heterocycles. The molecule has 0 radical (unpaired) electrons. The van der Waals surface area contributed by atoms with E-state index in [-0.39, 0.29) is 19.6 Å². The molecule has 0 spiro atoms. The van der Waals surface area contributed by atoms with Crippen molar-refractivity contribution in [3.8, 4) is 0 Å². The van der Waals surface area contributed by atoms with Crippen LogP contribution in [0.4, 0.5) is 4.79 Å². The molecule has 2 heterocycles. The number of hydrogen-bond acceptors (Lipinski definition) is 7. The van der Waals surface area contributed by atoms with Gasteiger partial charge in [-0.1, -0.05) is 18.5 Å². The second kappa shape index (κ2) is 6.20. The zero-order valence-corrected chi connectivity index (χ0v) is 14.6. The summed E-state index contributed by atoms with van der Waals surface area (Å²) in [4.78, 5) is 30.4. The molecule has 2 rings (SSSR count). The Labute approximate surface area is 140 Å². The SMILES string of the molecule is CNCCO[N+]12C[C@H](N(OS(=O)(=O)O)C1=O)C(C)(C)C[C@H]2C(N)=O. The molecule has 2 saturated heterocycles. The molecule has 2 aliphatic rings. The first-order valence-electron chi connectivity index (χ1n) is 7.41. The van der Waals surface area contributed by atoms with Crippen molar-refractivity contribution in [3.05, 3.63) is 0 Å². The van der Waals surface area contributed by atoms with Gasteiger partial charge in [-0.2, -0.15) is 13.3 Å². The summed E-state index contributed by atoms with van der Waals surface area (Å²) in [7, 11) is -3.22. The first kappa shape index (κ1) is 19.0. The number of nitrogens with two attached hydrogens (primary N) is 1. The number of quaternary nitrogens is 1. The van der Waals surface area contributed by atoms with E-state index in [2.05, 4.69) is 9.60 Å². The lowest BCUT2D eigenvalue weighted by molar-refractivity contribution is -1.05. The van der Waals surface area contributed by atoms with Crippen molar-refractivity contribution in [2.45, 2.75) is 32.4 Å². The van der Waals surface area contributed by atoms with Gasteiger partial charge < -0.3 is 11.1 Å². The van der Waals surface area contributed by atoms with Crippen molar-refractivity contribution in [2.24, 2.45) is 11.1 Å². The largest absolute Gasteiger partial charge is 0.477 e. The highest BCUT2D eigenvalue weighted by Gasteiger charge is 2.70. The van der Waals surface area contributed by atoms with Gasteiger partial charge in [-0.15, -0.1) is 9.35 Å². The normalized spacial score (nSPS) is 32.2. The molecule has 3 atom stereocenters. The molecule has 0 aromatic carbocycles. The van der Waals surface area contributed by atoms with Crippen LogP contribution in [0, 0.1) is 5.41 Å². The number of urea groups is 1. The molecule has 11 nitrogen and oxygen atoms in total. The van der Waals surface area contributed by atoms with E-state index in [1.807, 2.05) is 0 Å². The van der Waals surface area contributed by atoms with Crippen LogP contribution >= 0.6 is 0 Å². The van der Waals surface area contributed by atoms with Crippen molar-refractivity contribution >= 4 is 22.3 Å². The second-order valence-corrected chi connectivity index (χ2v) is 7.66. The van der Waals surface area contributed by atoms with Gasteiger partial charge in [0.2, 0.25) is 6.04 Å². The summed E-state index contributed by atoms with van der Waals surface area (Å²) >= 11 is 0. The summed E-state index contributed by atoms with van der Waals surface area (Å²) in [6, 6.07) is -2.59. The van der Waals surface area contributed by atoms with Gasteiger partial charge in [-0.3, -0.25) is 9.35 Å². The zero-order chi connectivity index (χ0) is 18.3. The van der Waals surface area contributed by atoms with Crippen LogP contribution in [0.1, 0.15) is 20.3 Å². The van der Waals surface area contributed by atoms with Crippen LogP contribution in [-0.2, 0) is 24.3 Å². The zero-order valence-electron chi connectivity index (χ0n) is 13.8. The molecule has 1 unspecified atom stereocenters.